The van der Waals surface area contributed by atoms with Gasteiger partial charge in [0.2, 0.25) is 5.91 Å². The van der Waals surface area contributed by atoms with Crippen LogP contribution in [-0.2, 0) is 9.59 Å². The summed E-state index contributed by atoms with van der Waals surface area (Å²) in [5.74, 6) is -0.250. The molecule has 8 heteroatoms. The van der Waals surface area contributed by atoms with E-state index in [9.17, 15) is 14.4 Å². The van der Waals surface area contributed by atoms with Gasteiger partial charge in [-0.15, -0.1) is 0 Å². The Kier molecular flexibility index (Phi) is 7.58. The van der Waals surface area contributed by atoms with Crippen molar-refractivity contribution < 1.29 is 14.4 Å². The highest BCUT2D eigenvalue weighted by Gasteiger charge is 2.54. The fourth-order valence-electron chi connectivity index (χ4n) is 6.11. The summed E-state index contributed by atoms with van der Waals surface area (Å²) in [6, 6.07) is 16.0. The first-order chi connectivity index (χ1) is 18.4. The lowest BCUT2D eigenvalue weighted by molar-refractivity contribution is -0.136. The maximum Gasteiger partial charge on any atom is 0.317 e. The van der Waals surface area contributed by atoms with E-state index >= 15 is 0 Å². The van der Waals surface area contributed by atoms with Gasteiger partial charge in [-0.05, 0) is 74.9 Å². The molecule has 2 heterocycles. The second-order valence-corrected chi connectivity index (χ2v) is 11.1. The molecule has 38 heavy (non-hydrogen) atoms. The molecule has 3 fully saturated rings. The van der Waals surface area contributed by atoms with Crippen LogP contribution >= 0.6 is 0 Å². The fourth-order valence-corrected chi connectivity index (χ4v) is 6.11. The third kappa shape index (κ3) is 5.35. The monoisotopic (exact) mass is 517 g/mol. The number of likely N-dealkylation sites (tertiary alicyclic amines) is 1. The molecule has 0 radical (unpaired) electrons. The summed E-state index contributed by atoms with van der Waals surface area (Å²) >= 11 is 0. The van der Waals surface area contributed by atoms with E-state index in [-0.39, 0.29) is 30.4 Å². The predicted molar refractivity (Wildman–Crippen MR) is 149 cm³/mol. The van der Waals surface area contributed by atoms with Crippen molar-refractivity contribution >= 4 is 29.2 Å². The van der Waals surface area contributed by atoms with Crippen molar-refractivity contribution in [3.05, 3.63) is 59.7 Å². The lowest BCUT2D eigenvalue weighted by Crippen LogP contribution is -2.59. The Hall–Kier alpha value is -3.55. The van der Waals surface area contributed by atoms with Crippen molar-refractivity contribution in [2.24, 2.45) is 0 Å². The Balaban J connectivity index is 1.28. The number of anilines is 2. The number of nitrogens with one attached hydrogen (secondary N) is 2. The minimum absolute atomic E-state index is 0.0112. The van der Waals surface area contributed by atoms with Gasteiger partial charge in [0.1, 0.15) is 12.1 Å². The molecule has 1 spiro atoms. The molecule has 8 nitrogen and oxygen atoms in total. The summed E-state index contributed by atoms with van der Waals surface area (Å²) in [4.78, 5) is 45.5. The minimum Gasteiger partial charge on any atom is -0.339 e. The van der Waals surface area contributed by atoms with Crippen molar-refractivity contribution in [1.29, 1.82) is 0 Å². The van der Waals surface area contributed by atoms with Crippen LogP contribution < -0.4 is 15.5 Å². The van der Waals surface area contributed by atoms with Gasteiger partial charge in [-0.2, -0.15) is 0 Å². The standard InChI is InChI=1S/C30H39N5O3/c1-22-13-14-25(19-23(22)2)31-27(36)20-34-21-35(26-11-7-4-8-12-26)30(28(34)37)15-17-33(18-16-30)29(38)32-24-9-5-3-6-10-24/h4,7-8,11-14,19,24H,3,5-6,9-10,15-18,20-21H2,1-2H3,(H,31,36)(H,32,38). The number of aryl methyl sites for hydroxylation is 2. The zero-order chi connectivity index (χ0) is 26.7. The first-order valence-electron chi connectivity index (χ1n) is 13.9. The molecule has 0 bridgehead atoms. The molecule has 4 amide bonds. The van der Waals surface area contributed by atoms with E-state index in [4.69, 9.17) is 0 Å². The van der Waals surface area contributed by atoms with E-state index in [2.05, 4.69) is 15.5 Å². The van der Waals surface area contributed by atoms with Crippen LogP contribution in [0.4, 0.5) is 16.2 Å². The van der Waals surface area contributed by atoms with Gasteiger partial charge in [-0.25, -0.2) is 4.79 Å². The number of hydrogen-bond donors (Lipinski definition) is 2. The van der Waals surface area contributed by atoms with Crippen molar-refractivity contribution in [3.8, 4) is 0 Å². The number of piperidine rings is 1. The number of carbonyl (C=O) groups excluding carboxylic acids is 3. The number of para-hydroxylation sites is 1. The minimum atomic E-state index is -0.760. The highest BCUT2D eigenvalue weighted by atomic mass is 16.2. The molecule has 1 saturated carbocycles. The molecule has 2 aliphatic heterocycles. The largest absolute Gasteiger partial charge is 0.339 e. The summed E-state index contributed by atoms with van der Waals surface area (Å²) in [5.41, 5.74) is 3.20. The molecule has 1 aliphatic carbocycles. The van der Waals surface area contributed by atoms with E-state index < -0.39 is 5.54 Å². The first-order valence-corrected chi connectivity index (χ1v) is 13.9. The summed E-state index contributed by atoms with van der Waals surface area (Å²) in [6.45, 7) is 5.40. The molecule has 0 atom stereocenters. The van der Waals surface area contributed by atoms with E-state index in [1.807, 2.05) is 67.3 Å². The number of hydrogen-bond acceptors (Lipinski definition) is 4. The zero-order valence-corrected chi connectivity index (χ0v) is 22.5. The second-order valence-electron chi connectivity index (χ2n) is 11.1. The zero-order valence-electron chi connectivity index (χ0n) is 22.5. The molecule has 2 saturated heterocycles. The van der Waals surface area contributed by atoms with Gasteiger partial charge in [0.05, 0.1) is 6.67 Å². The molecule has 2 aromatic rings. The molecule has 5 rings (SSSR count). The average Bonchev–Trinajstić information content (AvgIpc) is 3.18. The molecule has 2 N–H and O–H groups in total. The highest BCUT2D eigenvalue weighted by Crippen LogP contribution is 2.39. The Bertz CT molecular complexity index is 1170. The molecular weight excluding hydrogens is 478 g/mol. The fraction of sp³-hybridized carbons (Fsp3) is 0.500. The summed E-state index contributed by atoms with van der Waals surface area (Å²) in [7, 11) is 0. The Labute approximate surface area is 225 Å². The molecule has 3 aliphatic rings. The first kappa shape index (κ1) is 26.1. The number of carbonyl (C=O) groups is 3. The van der Waals surface area contributed by atoms with E-state index in [0.717, 1.165) is 35.3 Å². The van der Waals surface area contributed by atoms with E-state index in [0.29, 0.717) is 32.6 Å². The molecular formula is C30H39N5O3. The molecule has 0 unspecified atom stereocenters. The number of nitrogens with zero attached hydrogens (tertiary/aromatic N) is 3. The molecule has 202 valence electrons. The third-order valence-electron chi connectivity index (χ3n) is 8.52. The van der Waals surface area contributed by atoms with Crippen molar-refractivity contribution in [2.45, 2.75) is 70.4 Å². The predicted octanol–water partition coefficient (Wildman–Crippen LogP) is 4.43. The van der Waals surface area contributed by atoms with E-state index in [1.54, 1.807) is 4.90 Å². The van der Waals surface area contributed by atoms with Crippen molar-refractivity contribution in [2.75, 3.05) is 36.5 Å². The molecule has 2 aromatic carbocycles. The number of urea groups is 1. The van der Waals surface area contributed by atoms with E-state index in [1.165, 1.54) is 19.3 Å². The molecule has 0 aromatic heterocycles. The smallest absolute Gasteiger partial charge is 0.317 e. The SMILES string of the molecule is Cc1ccc(NC(=O)CN2CN(c3ccccc3)C3(CCN(C(=O)NC4CCCCC4)CC3)C2=O)cc1C. The highest BCUT2D eigenvalue weighted by molar-refractivity contribution is 5.99. The van der Waals surface area contributed by atoms with Crippen LogP contribution in [0, 0.1) is 13.8 Å². The maximum absolute atomic E-state index is 13.9. The van der Waals surface area contributed by atoms with Gasteiger partial charge in [0, 0.05) is 30.5 Å². The number of benzene rings is 2. The topological polar surface area (TPSA) is 85.0 Å². The lowest BCUT2D eigenvalue weighted by Gasteiger charge is -2.43. The normalized spacial score (nSPS) is 19.6. The van der Waals surface area contributed by atoms with Gasteiger partial charge < -0.3 is 25.3 Å². The Morgan fingerprint density at radius 3 is 2.34 bits per heavy atom. The number of amides is 4. The van der Waals surface area contributed by atoms with Crippen LogP contribution in [0.15, 0.2) is 48.5 Å². The van der Waals surface area contributed by atoms with Crippen molar-refractivity contribution in [1.82, 2.24) is 15.1 Å². The summed E-state index contributed by atoms with van der Waals surface area (Å²) < 4.78 is 0. The van der Waals surface area contributed by atoms with Gasteiger partial charge >= 0.3 is 6.03 Å². The number of rotatable bonds is 5. The maximum atomic E-state index is 13.9. The van der Waals surface area contributed by atoms with Crippen LogP contribution in [0.2, 0.25) is 0 Å². The van der Waals surface area contributed by atoms with Gasteiger partial charge in [0.25, 0.3) is 5.91 Å². The van der Waals surface area contributed by atoms with Gasteiger partial charge in [-0.3, -0.25) is 9.59 Å². The van der Waals surface area contributed by atoms with Crippen LogP contribution in [0.25, 0.3) is 0 Å². The Morgan fingerprint density at radius 2 is 1.66 bits per heavy atom. The second kappa shape index (κ2) is 11.1. The Morgan fingerprint density at radius 1 is 0.947 bits per heavy atom. The van der Waals surface area contributed by atoms with Crippen LogP contribution in [0.1, 0.15) is 56.1 Å². The average molecular weight is 518 g/mol. The summed E-state index contributed by atoms with van der Waals surface area (Å²) in [6.07, 6.45) is 6.74. The summed E-state index contributed by atoms with van der Waals surface area (Å²) in [5, 5.41) is 6.16. The third-order valence-corrected chi connectivity index (χ3v) is 8.52. The lowest BCUT2D eigenvalue weighted by atomic mass is 9.85. The van der Waals surface area contributed by atoms with Gasteiger partial charge in [0.15, 0.2) is 0 Å². The van der Waals surface area contributed by atoms with Crippen LogP contribution in [0.3, 0.4) is 0 Å². The van der Waals surface area contributed by atoms with Crippen LogP contribution in [-0.4, -0.2) is 65.5 Å². The van der Waals surface area contributed by atoms with Crippen LogP contribution in [0.5, 0.6) is 0 Å². The quantitative estimate of drug-likeness (QED) is 0.615. The van der Waals surface area contributed by atoms with Crippen molar-refractivity contribution in [3.63, 3.8) is 0 Å². The van der Waals surface area contributed by atoms with Gasteiger partial charge in [-0.1, -0.05) is 43.5 Å².